The van der Waals surface area contributed by atoms with Crippen molar-refractivity contribution in [3.8, 4) is 0 Å². The van der Waals surface area contributed by atoms with Gasteiger partial charge in [-0.25, -0.2) is 14.6 Å². The molecular weight excluding hydrogens is 296 g/mol. The highest BCUT2D eigenvalue weighted by Crippen LogP contribution is 2.13. The van der Waals surface area contributed by atoms with Gasteiger partial charge in [0.2, 0.25) is 0 Å². The summed E-state index contributed by atoms with van der Waals surface area (Å²) in [6.07, 6.45) is 1.76. The van der Waals surface area contributed by atoms with Crippen LogP contribution in [0.4, 0.5) is 10.6 Å². The number of nitrogens with one attached hydrogen (secondary N) is 1. The molecule has 2 amide bonds. The van der Waals surface area contributed by atoms with Crippen LogP contribution in [0, 0.1) is 5.92 Å². The Hall–Kier alpha value is -2.31. The summed E-state index contributed by atoms with van der Waals surface area (Å²) in [7, 11) is 1.33. The highest BCUT2D eigenvalue weighted by Gasteiger charge is 2.28. The van der Waals surface area contributed by atoms with Crippen LogP contribution in [0.1, 0.15) is 13.8 Å². The molecule has 0 aromatic carbocycles. The van der Waals surface area contributed by atoms with Gasteiger partial charge in [0.25, 0.3) is 0 Å². The number of anilines is 1. The molecule has 7 nitrogen and oxygen atoms in total. The largest absolute Gasteiger partial charge is 0.467 e. The second-order valence-corrected chi connectivity index (χ2v) is 5.86. The normalized spacial score (nSPS) is 16.2. The zero-order valence-corrected chi connectivity index (χ0v) is 13.9. The van der Waals surface area contributed by atoms with Crippen LogP contribution in [0.2, 0.25) is 0 Å². The Labute approximate surface area is 136 Å². The van der Waals surface area contributed by atoms with Crippen molar-refractivity contribution in [2.75, 3.05) is 38.2 Å². The Kier molecular flexibility index (Phi) is 5.78. The second kappa shape index (κ2) is 7.80. The molecule has 23 heavy (non-hydrogen) atoms. The number of esters is 1. The number of hydrogen-bond donors (Lipinski definition) is 1. The van der Waals surface area contributed by atoms with Crippen molar-refractivity contribution in [1.29, 1.82) is 0 Å². The number of rotatable bonds is 4. The first-order valence-electron chi connectivity index (χ1n) is 7.82. The number of pyridine rings is 1. The Morgan fingerprint density at radius 3 is 2.43 bits per heavy atom. The molecule has 0 aliphatic carbocycles. The van der Waals surface area contributed by atoms with Crippen LogP contribution in [0.15, 0.2) is 24.4 Å². The lowest BCUT2D eigenvalue weighted by molar-refractivity contribution is -0.144. The van der Waals surface area contributed by atoms with E-state index in [0.717, 1.165) is 18.9 Å². The van der Waals surface area contributed by atoms with Gasteiger partial charge in [-0.15, -0.1) is 0 Å². The van der Waals surface area contributed by atoms with E-state index in [9.17, 15) is 9.59 Å². The maximum atomic E-state index is 12.3. The quantitative estimate of drug-likeness (QED) is 0.841. The first kappa shape index (κ1) is 17.1. The van der Waals surface area contributed by atoms with Crippen molar-refractivity contribution in [2.45, 2.75) is 19.9 Å². The standard InChI is InChI=1S/C16H24N4O3/c1-12(2)14(15(21)23-3)18-16(22)20-10-8-19(9-11-20)13-6-4-5-7-17-13/h4-7,12,14H,8-11H2,1-3H3,(H,18,22). The molecule has 1 aliphatic rings. The van der Waals surface area contributed by atoms with E-state index in [1.807, 2.05) is 32.0 Å². The number of piperazine rings is 1. The molecule has 1 N–H and O–H groups in total. The summed E-state index contributed by atoms with van der Waals surface area (Å²) in [4.78, 5) is 32.3. The van der Waals surface area contributed by atoms with Gasteiger partial charge in [-0.2, -0.15) is 0 Å². The van der Waals surface area contributed by atoms with Crippen LogP contribution in [-0.4, -0.2) is 61.2 Å². The number of ether oxygens (including phenoxy) is 1. The molecule has 1 atom stereocenters. The van der Waals surface area contributed by atoms with Crippen LogP contribution >= 0.6 is 0 Å². The fraction of sp³-hybridized carbons (Fsp3) is 0.562. The van der Waals surface area contributed by atoms with Gasteiger partial charge < -0.3 is 19.9 Å². The molecule has 1 aromatic rings. The lowest BCUT2D eigenvalue weighted by Crippen LogP contribution is -2.56. The van der Waals surface area contributed by atoms with E-state index in [1.54, 1.807) is 11.1 Å². The van der Waals surface area contributed by atoms with Gasteiger partial charge >= 0.3 is 12.0 Å². The summed E-state index contributed by atoms with van der Waals surface area (Å²) in [5.41, 5.74) is 0. The maximum absolute atomic E-state index is 12.3. The third-order valence-electron chi connectivity index (χ3n) is 3.94. The molecule has 2 rings (SSSR count). The van der Waals surface area contributed by atoms with Crippen molar-refractivity contribution in [3.05, 3.63) is 24.4 Å². The molecule has 2 heterocycles. The summed E-state index contributed by atoms with van der Waals surface area (Å²) in [6.45, 7) is 6.37. The zero-order chi connectivity index (χ0) is 16.8. The number of carbonyl (C=O) groups excluding carboxylic acids is 2. The van der Waals surface area contributed by atoms with E-state index in [1.165, 1.54) is 7.11 Å². The lowest BCUT2D eigenvalue weighted by atomic mass is 10.1. The zero-order valence-electron chi connectivity index (χ0n) is 13.9. The summed E-state index contributed by atoms with van der Waals surface area (Å²) >= 11 is 0. The van der Waals surface area contributed by atoms with Gasteiger partial charge in [-0.05, 0) is 18.1 Å². The lowest BCUT2D eigenvalue weighted by Gasteiger charge is -2.36. The summed E-state index contributed by atoms with van der Waals surface area (Å²) in [6, 6.07) is 4.94. The van der Waals surface area contributed by atoms with Gasteiger partial charge in [0, 0.05) is 32.4 Å². The van der Waals surface area contributed by atoms with E-state index in [0.29, 0.717) is 13.1 Å². The molecule has 1 aromatic heterocycles. The number of carbonyl (C=O) groups is 2. The van der Waals surface area contributed by atoms with Gasteiger partial charge in [-0.3, -0.25) is 0 Å². The Morgan fingerprint density at radius 2 is 1.91 bits per heavy atom. The van der Waals surface area contributed by atoms with Crippen LogP contribution < -0.4 is 10.2 Å². The van der Waals surface area contributed by atoms with Gasteiger partial charge in [-0.1, -0.05) is 19.9 Å². The Morgan fingerprint density at radius 1 is 1.22 bits per heavy atom. The van der Waals surface area contributed by atoms with Gasteiger partial charge in [0.1, 0.15) is 11.9 Å². The Bertz CT molecular complexity index is 527. The molecule has 1 aliphatic heterocycles. The van der Waals surface area contributed by atoms with Crippen molar-refractivity contribution in [2.24, 2.45) is 5.92 Å². The van der Waals surface area contributed by atoms with Crippen molar-refractivity contribution < 1.29 is 14.3 Å². The molecule has 1 fully saturated rings. The highest BCUT2D eigenvalue weighted by molar-refractivity contribution is 5.83. The van der Waals surface area contributed by atoms with Crippen LogP contribution in [0.5, 0.6) is 0 Å². The third kappa shape index (κ3) is 4.34. The monoisotopic (exact) mass is 320 g/mol. The molecular formula is C16H24N4O3. The fourth-order valence-corrected chi connectivity index (χ4v) is 2.53. The predicted molar refractivity (Wildman–Crippen MR) is 87.2 cm³/mol. The van der Waals surface area contributed by atoms with Crippen molar-refractivity contribution in [1.82, 2.24) is 15.2 Å². The molecule has 126 valence electrons. The Balaban J connectivity index is 1.89. The number of aromatic nitrogens is 1. The summed E-state index contributed by atoms with van der Waals surface area (Å²) in [5.74, 6) is 0.476. The molecule has 0 spiro atoms. The molecule has 0 radical (unpaired) electrons. The smallest absolute Gasteiger partial charge is 0.328 e. The molecule has 7 heteroatoms. The number of methoxy groups -OCH3 is 1. The second-order valence-electron chi connectivity index (χ2n) is 5.86. The fourth-order valence-electron chi connectivity index (χ4n) is 2.53. The molecule has 0 saturated carbocycles. The number of urea groups is 1. The summed E-state index contributed by atoms with van der Waals surface area (Å²) in [5, 5.41) is 2.77. The minimum atomic E-state index is -0.624. The van der Waals surface area contributed by atoms with Crippen LogP contribution in [0.25, 0.3) is 0 Å². The number of amides is 2. The minimum Gasteiger partial charge on any atom is -0.467 e. The van der Waals surface area contributed by atoms with Gasteiger partial charge in [0.05, 0.1) is 7.11 Å². The van der Waals surface area contributed by atoms with Crippen molar-refractivity contribution >= 4 is 17.8 Å². The maximum Gasteiger partial charge on any atom is 0.328 e. The first-order chi connectivity index (χ1) is 11.0. The molecule has 0 bridgehead atoms. The topological polar surface area (TPSA) is 74.8 Å². The molecule has 1 saturated heterocycles. The SMILES string of the molecule is COC(=O)C(NC(=O)N1CCN(c2ccccn2)CC1)C(C)C. The van der Waals surface area contributed by atoms with Gasteiger partial charge in [0.15, 0.2) is 0 Å². The predicted octanol–water partition coefficient (Wildman–Crippen LogP) is 1.11. The van der Waals surface area contributed by atoms with E-state index in [-0.39, 0.29) is 11.9 Å². The van der Waals surface area contributed by atoms with Crippen LogP contribution in [0.3, 0.4) is 0 Å². The highest BCUT2D eigenvalue weighted by atomic mass is 16.5. The summed E-state index contributed by atoms with van der Waals surface area (Å²) < 4.78 is 4.75. The minimum absolute atomic E-state index is 0.0267. The first-order valence-corrected chi connectivity index (χ1v) is 7.82. The van der Waals surface area contributed by atoms with Crippen molar-refractivity contribution in [3.63, 3.8) is 0 Å². The molecule has 1 unspecified atom stereocenters. The average Bonchev–Trinajstić information content (AvgIpc) is 2.59. The van der Waals surface area contributed by atoms with E-state index in [4.69, 9.17) is 4.74 Å². The van der Waals surface area contributed by atoms with E-state index >= 15 is 0 Å². The van der Waals surface area contributed by atoms with E-state index < -0.39 is 12.0 Å². The van der Waals surface area contributed by atoms with Crippen LogP contribution in [-0.2, 0) is 9.53 Å². The average molecular weight is 320 g/mol. The van der Waals surface area contributed by atoms with E-state index in [2.05, 4.69) is 15.2 Å². The number of hydrogen-bond acceptors (Lipinski definition) is 5. The third-order valence-corrected chi connectivity index (χ3v) is 3.94. The number of nitrogens with zero attached hydrogens (tertiary/aromatic N) is 3.